The van der Waals surface area contributed by atoms with Gasteiger partial charge < -0.3 is 9.15 Å². The number of hydrogen-bond acceptors (Lipinski definition) is 5. The summed E-state index contributed by atoms with van der Waals surface area (Å²) in [6.07, 6.45) is 2.82. The molecular weight excluding hydrogens is 258 g/mol. The number of aromatic nitrogens is 2. The minimum Gasteiger partial charge on any atom is -0.463 e. The van der Waals surface area contributed by atoms with Gasteiger partial charge in [0.2, 0.25) is 5.76 Å². The molecule has 106 valence electrons. The van der Waals surface area contributed by atoms with Crippen molar-refractivity contribution in [1.82, 2.24) is 15.1 Å². The molecule has 0 aliphatic carbocycles. The summed E-state index contributed by atoms with van der Waals surface area (Å²) in [7, 11) is 1.35. The first kappa shape index (κ1) is 12.9. The number of hydrogen-bond donors (Lipinski definition) is 1. The molecule has 0 saturated heterocycles. The van der Waals surface area contributed by atoms with E-state index < -0.39 is 5.97 Å². The molecule has 0 saturated carbocycles. The lowest BCUT2D eigenvalue weighted by atomic mass is 10.1. The molecule has 0 spiro atoms. The second kappa shape index (κ2) is 5.13. The Morgan fingerprint density at radius 1 is 1.55 bits per heavy atom. The van der Waals surface area contributed by atoms with E-state index in [0.717, 1.165) is 25.3 Å². The van der Waals surface area contributed by atoms with Gasteiger partial charge in [-0.2, -0.15) is 5.10 Å². The number of methoxy groups -OCH3 is 1. The number of carbonyl (C=O) groups excluding carboxylic acids is 1. The molecule has 6 heteroatoms. The lowest BCUT2D eigenvalue weighted by Gasteiger charge is -2.30. The quantitative estimate of drug-likeness (QED) is 0.866. The Morgan fingerprint density at radius 3 is 3.20 bits per heavy atom. The molecule has 1 aliphatic heterocycles. The average Bonchev–Trinajstić information content (AvgIpc) is 3.13. The van der Waals surface area contributed by atoms with Crippen LogP contribution in [0.1, 0.15) is 40.5 Å². The smallest absolute Gasteiger partial charge is 0.373 e. The molecule has 1 N–H and O–H groups in total. The number of esters is 1. The van der Waals surface area contributed by atoms with Crippen LogP contribution >= 0.6 is 0 Å². The number of furan rings is 1. The summed E-state index contributed by atoms with van der Waals surface area (Å²) < 4.78 is 10.2. The molecule has 2 aromatic heterocycles. The first-order chi connectivity index (χ1) is 9.69. The van der Waals surface area contributed by atoms with Crippen LogP contribution in [0.3, 0.4) is 0 Å². The van der Waals surface area contributed by atoms with E-state index in [1.54, 1.807) is 6.07 Å². The second-order valence-corrected chi connectivity index (χ2v) is 4.96. The maximum atomic E-state index is 11.4. The summed E-state index contributed by atoms with van der Waals surface area (Å²) in [5, 5.41) is 7.09. The Hall–Kier alpha value is -2.08. The number of fused-ring (bicyclic) bond motifs is 1. The van der Waals surface area contributed by atoms with E-state index in [2.05, 4.69) is 26.8 Å². The SMILES string of the molecule is COC(=O)c1ccc([C@H](C)N2CCc3[nH]ncc3C2)o1. The number of aromatic amines is 1. The number of nitrogens with zero attached hydrogens (tertiary/aromatic N) is 2. The minimum atomic E-state index is -0.445. The van der Waals surface area contributed by atoms with Crippen molar-refractivity contribution in [2.24, 2.45) is 0 Å². The molecule has 3 rings (SSSR count). The molecule has 6 nitrogen and oxygen atoms in total. The Labute approximate surface area is 116 Å². The summed E-state index contributed by atoms with van der Waals surface area (Å²) in [5.74, 6) is 0.576. The molecule has 0 radical (unpaired) electrons. The summed E-state index contributed by atoms with van der Waals surface area (Å²) in [4.78, 5) is 13.7. The van der Waals surface area contributed by atoms with Crippen molar-refractivity contribution in [3.05, 3.63) is 41.1 Å². The molecule has 0 amide bonds. The van der Waals surface area contributed by atoms with E-state index in [0.29, 0.717) is 0 Å². The number of H-pyrrole nitrogens is 1. The third-order valence-corrected chi connectivity index (χ3v) is 3.80. The Morgan fingerprint density at radius 2 is 2.40 bits per heavy atom. The fourth-order valence-corrected chi connectivity index (χ4v) is 2.54. The fourth-order valence-electron chi connectivity index (χ4n) is 2.54. The number of nitrogens with one attached hydrogen (secondary N) is 1. The van der Waals surface area contributed by atoms with Gasteiger partial charge in [0.05, 0.1) is 19.3 Å². The van der Waals surface area contributed by atoms with Crippen LogP contribution in [0.5, 0.6) is 0 Å². The second-order valence-electron chi connectivity index (χ2n) is 4.96. The Bertz CT molecular complexity index is 617. The minimum absolute atomic E-state index is 0.108. The van der Waals surface area contributed by atoms with Gasteiger partial charge in [0.15, 0.2) is 0 Å². The van der Waals surface area contributed by atoms with Gasteiger partial charge in [0.25, 0.3) is 0 Å². The third kappa shape index (κ3) is 2.22. The average molecular weight is 275 g/mol. The van der Waals surface area contributed by atoms with Crippen LogP contribution in [-0.2, 0) is 17.7 Å². The van der Waals surface area contributed by atoms with Gasteiger partial charge in [-0.1, -0.05) is 0 Å². The topological polar surface area (TPSA) is 71.4 Å². The number of carbonyl (C=O) groups is 1. The van der Waals surface area contributed by atoms with Crippen molar-refractivity contribution in [3.63, 3.8) is 0 Å². The fraction of sp³-hybridized carbons (Fsp3) is 0.429. The van der Waals surface area contributed by atoms with Crippen LogP contribution in [-0.4, -0.2) is 34.7 Å². The molecule has 1 aliphatic rings. The zero-order chi connectivity index (χ0) is 14.1. The predicted octanol–water partition coefficient (Wildman–Crippen LogP) is 1.91. The van der Waals surface area contributed by atoms with Gasteiger partial charge in [-0.15, -0.1) is 0 Å². The standard InChI is InChI=1S/C14H17N3O3/c1-9(12-3-4-13(20-12)14(18)19-2)17-6-5-11-10(8-17)7-15-16-11/h3-4,7,9H,5-6,8H2,1-2H3,(H,15,16)/t9-/m0/s1. The lowest BCUT2D eigenvalue weighted by molar-refractivity contribution is 0.0558. The van der Waals surface area contributed by atoms with Gasteiger partial charge in [0, 0.05) is 30.8 Å². The van der Waals surface area contributed by atoms with E-state index in [4.69, 9.17) is 4.42 Å². The first-order valence-electron chi connectivity index (χ1n) is 6.62. The van der Waals surface area contributed by atoms with Gasteiger partial charge in [-0.25, -0.2) is 4.79 Å². The lowest BCUT2D eigenvalue weighted by Crippen LogP contribution is -2.32. The van der Waals surface area contributed by atoms with Crippen LogP contribution in [0, 0.1) is 0 Å². The van der Waals surface area contributed by atoms with Crippen LogP contribution < -0.4 is 0 Å². The highest BCUT2D eigenvalue weighted by Gasteiger charge is 2.25. The molecular formula is C14H17N3O3. The number of rotatable bonds is 3. The van der Waals surface area contributed by atoms with Crippen molar-refractivity contribution in [3.8, 4) is 0 Å². The van der Waals surface area contributed by atoms with Crippen LogP contribution in [0.25, 0.3) is 0 Å². The molecule has 3 heterocycles. The van der Waals surface area contributed by atoms with Crippen molar-refractivity contribution < 1.29 is 13.9 Å². The molecule has 1 atom stereocenters. The largest absolute Gasteiger partial charge is 0.463 e. The summed E-state index contributed by atoms with van der Waals surface area (Å²) >= 11 is 0. The van der Waals surface area contributed by atoms with Gasteiger partial charge >= 0.3 is 5.97 Å². The Balaban J connectivity index is 1.75. The van der Waals surface area contributed by atoms with E-state index in [9.17, 15) is 4.79 Å². The van der Waals surface area contributed by atoms with Gasteiger partial charge in [-0.05, 0) is 19.1 Å². The van der Waals surface area contributed by atoms with Gasteiger partial charge in [0.1, 0.15) is 5.76 Å². The molecule has 0 unspecified atom stereocenters. The molecule has 0 aromatic carbocycles. The highest BCUT2D eigenvalue weighted by Crippen LogP contribution is 2.27. The van der Waals surface area contributed by atoms with Crippen LogP contribution in [0.2, 0.25) is 0 Å². The molecule has 0 fully saturated rings. The molecule has 0 bridgehead atoms. The van der Waals surface area contributed by atoms with Crippen molar-refractivity contribution in [1.29, 1.82) is 0 Å². The number of ether oxygens (including phenoxy) is 1. The molecule has 2 aromatic rings. The van der Waals surface area contributed by atoms with E-state index >= 15 is 0 Å². The summed E-state index contributed by atoms with van der Waals surface area (Å²) in [6.45, 7) is 3.84. The predicted molar refractivity (Wildman–Crippen MR) is 71.2 cm³/mol. The van der Waals surface area contributed by atoms with Crippen molar-refractivity contribution in [2.45, 2.75) is 25.9 Å². The van der Waals surface area contributed by atoms with Crippen LogP contribution in [0.4, 0.5) is 0 Å². The van der Waals surface area contributed by atoms with E-state index in [-0.39, 0.29) is 11.8 Å². The highest BCUT2D eigenvalue weighted by atomic mass is 16.5. The summed E-state index contributed by atoms with van der Waals surface area (Å²) in [5.41, 5.74) is 2.44. The zero-order valence-corrected chi connectivity index (χ0v) is 11.5. The summed E-state index contributed by atoms with van der Waals surface area (Å²) in [6, 6.07) is 3.60. The van der Waals surface area contributed by atoms with Gasteiger partial charge in [-0.3, -0.25) is 10.00 Å². The Kier molecular flexibility index (Phi) is 3.31. The first-order valence-corrected chi connectivity index (χ1v) is 6.62. The van der Waals surface area contributed by atoms with E-state index in [1.165, 1.54) is 18.4 Å². The van der Waals surface area contributed by atoms with Crippen LogP contribution in [0.15, 0.2) is 22.7 Å². The maximum Gasteiger partial charge on any atom is 0.373 e. The molecule has 20 heavy (non-hydrogen) atoms. The monoisotopic (exact) mass is 275 g/mol. The maximum absolute atomic E-state index is 11.4. The highest BCUT2D eigenvalue weighted by molar-refractivity contribution is 5.86. The third-order valence-electron chi connectivity index (χ3n) is 3.80. The van der Waals surface area contributed by atoms with E-state index in [1.807, 2.05) is 12.3 Å². The van der Waals surface area contributed by atoms with Crippen molar-refractivity contribution >= 4 is 5.97 Å². The van der Waals surface area contributed by atoms with Crippen molar-refractivity contribution in [2.75, 3.05) is 13.7 Å². The normalized spacial score (nSPS) is 16.7. The zero-order valence-electron chi connectivity index (χ0n) is 11.5.